The summed E-state index contributed by atoms with van der Waals surface area (Å²) >= 11 is 3.48. The largest absolute Gasteiger partial charge is 0.356 e. The maximum absolute atomic E-state index is 5.47. The normalized spacial score (nSPS) is 16.3. The van der Waals surface area contributed by atoms with Crippen LogP contribution in [0.5, 0.6) is 0 Å². The van der Waals surface area contributed by atoms with Crippen LogP contribution in [0.15, 0.2) is 57.5 Å². The zero-order valence-electron chi connectivity index (χ0n) is 15.0. The average molecular weight is 413 g/mol. The molecule has 0 aliphatic carbocycles. The van der Waals surface area contributed by atoms with Crippen molar-refractivity contribution in [3.8, 4) is 0 Å². The predicted octanol–water partition coefficient (Wildman–Crippen LogP) is 5.48. The van der Waals surface area contributed by atoms with E-state index in [1.165, 1.54) is 44.5 Å². The van der Waals surface area contributed by atoms with E-state index in [9.17, 15) is 0 Å². The summed E-state index contributed by atoms with van der Waals surface area (Å²) in [5.74, 6) is 0.810. The summed E-state index contributed by atoms with van der Waals surface area (Å²) in [6, 6.07) is 17.0. The molecule has 1 saturated heterocycles. The summed E-state index contributed by atoms with van der Waals surface area (Å²) in [5, 5.41) is 5.45. The molecule has 0 radical (unpaired) electrons. The van der Waals surface area contributed by atoms with Crippen LogP contribution in [-0.4, -0.2) is 29.7 Å². The van der Waals surface area contributed by atoms with E-state index >= 15 is 0 Å². The van der Waals surface area contributed by atoms with E-state index in [1.807, 2.05) is 6.07 Å². The third kappa shape index (κ3) is 4.36. The molecular weight excluding hydrogens is 388 g/mol. The van der Waals surface area contributed by atoms with Crippen LogP contribution < -0.4 is 0 Å². The summed E-state index contributed by atoms with van der Waals surface area (Å²) in [4.78, 5) is 2.62. The van der Waals surface area contributed by atoms with Gasteiger partial charge in [-0.25, -0.2) is 0 Å². The lowest BCUT2D eigenvalue weighted by Crippen LogP contribution is -2.35. The van der Waals surface area contributed by atoms with Crippen molar-refractivity contribution in [2.75, 3.05) is 19.6 Å². The Labute approximate surface area is 163 Å². The summed E-state index contributed by atoms with van der Waals surface area (Å²) in [5.41, 5.74) is 3.43. The van der Waals surface area contributed by atoms with Gasteiger partial charge in [0.05, 0.1) is 5.69 Å². The number of piperidine rings is 1. The second kappa shape index (κ2) is 8.36. The Hall–Kier alpha value is -1.65. The van der Waals surface area contributed by atoms with Gasteiger partial charge in [0, 0.05) is 16.4 Å². The highest BCUT2D eigenvalue weighted by atomic mass is 79.9. The number of rotatable bonds is 6. The van der Waals surface area contributed by atoms with Crippen molar-refractivity contribution in [2.24, 2.45) is 5.92 Å². The van der Waals surface area contributed by atoms with E-state index < -0.39 is 0 Å². The van der Waals surface area contributed by atoms with Gasteiger partial charge in [0.1, 0.15) is 0 Å². The molecular formula is C22H25BrN2O. The highest BCUT2D eigenvalue weighted by Gasteiger charge is 2.20. The molecule has 0 unspecified atom stereocenters. The zero-order chi connectivity index (χ0) is 17.8. The average Bonchev–Trinajstić information content (AvgIpc) is 3.08. The smallest absolute Gasteiger partial charge is 0.168 e. The van der Waals surface area contributed by atoms with Crippen molar-refractivity contribution in [1.29, 1.82) is 0 Å². The lowest BCUT2D eigenvalue weighted by atomic mass is 9.91. The molecule has 2 aromatic carbocycles. The van der Waals surface area contributed by atoms with Gasteiger partial charge in [-0.05, 0) is 74.9 Å². The maximum Gasteiger partial charge on any atom is 0.168 e. The molecule has 3 aromatic rings. The van der Waals surface area contributed by atoms with Crippen LogP contribution in [-0.2, 0) is 12.8 Å². The molecule has 2 heterocycles. The van der Waals surface area contributed by atoms with Gasteiger partial charge in [0.2, 0.25) is 0 Å². The minimum atomic E-state index is 0.810. The molecule has 1 aliphatic rings. The van der Waals surface area contributed by atoms with Crippen LogP contribution >= 0.6 is 15.9 Å². The van der Waals surface area contributed by atoms with E-state index in [0.29, 0.717) is 0 Å². The van der Waals surface area contributed by atoms with Crippen LogP contribution in [0.25, 0.3) is 11.0 Å². The monoisotopic (exact) mass is 412 g/mol. The fourth-order valence-electron chi connectivity index (χ4n) is 3.92. The molecule has 4 heteroatoms. The Balaban J connectivity index is 1.23. The molecule has 0 amide bonds. The van der Waals surface area contributed by atoms with E-state index in [0.717, 1.165) is 39.9 Å². The maximum atomic E-state index is 5.47. The predicted molar refractivity (Wildman–Crippen MR) is 109 cm³/mol. The lowest BCUT2D eigenvalue weighted by Gasteiger charge is -2.31. The fraction of sp³-hybridized carbons (Fsp3) is 0.409. The van der Waals surface area contributed by atoms with E-state index in [2.05, 4.69) is 68.5 Å². The van der Waals surface area contributed by atoms with Crippen molar-refractivity contribution in [3.05, 3.63) is 64.3 Å². The van der Waals surface area contributed by atoms with Crippen LogP contribution in [0.3, 0.4) is 0 Å². The number of hydrogen-bond acceptors (Lipinski definition) is 3. The second-order valence-corrected chi connectivity index (χ2v) is 8.24. The molecule has 1 fully saturated rings. The standard InChI is InChI=1S/C22H25BrN2O/c23-19-7-8-20-21(24-26-22(20)16-19)9-6-18-11-14-25(15-12-18)13-10-17-4-2-1-3-5-17/h1-5,7-8,16,18H,6,9-15H2. The zero-order valence-corrected chi connectivity index (χ0v) is 16.6. The number of likely N-dealkylation sites (tertiary alicyclic amines) is 1. The number of hydrogen-bond donors (Lipinski definition) is 0. The van der Waals surface area contributed by atoms with Crippen molar-refractivity contribution in [3.63, 3.8) is 0 Å². The van der Waals surface area contributed by atoms with Gasteiger partial charge < -0.3 is 9.42 Å². The lowest BCUT2D eigenvalue weighted by molar-refractivity contribution is 0.180. The van der Waals surface area contributed by atoms with E-state index in [1.54, 1.807) is 0 Å². The molecule has 26 heavy (non-hydrogen) atoms. The van der Waals surface area contributed by atoms with Crippen molar-refractivity contribution < 1.29 is 4.52 Å². The molecule has 136 valence electrons. The van der Waals surface area contributed by atoms with Crippen molar-refractivity contribution >= 4 is 26.9 Å². The Kier molecular flexibility index (Phi) is 5.71. The Morgan fingerprint density at radius 2 is 1.85 bits per heavy atom. The van der Waals surface area contributed by atoms with Gasteiger partial charge >= 0.3 is 0 Å². The summed E-state index contributed by atoms with van der Waals surface area (Å²) < 4.78 is 6.51. The third-order valence-corrected chi connectivity index (χ3v) is 6.06. The van der Waals surface area contributed by atoms with Gasteiger partial charge in [0.15, 0.2) is 5.58 Å². The molecule has 3 nitrogen and oxygen atoms in total. The summed E-state index contributed by atoms with van der Waals surface area (Å²) in [6.07, 6.45) is 5.99. The minimum Gasteiger partial charge on any atom is -0.356 e. The van der Waals surface area contributed by atoms with Crippen molar-refractivity contribution in [2.45, 2.75) is 32.1 Å². The van der Waals surface area contributed by atoms with E-state index in [-0.39, 0.29) is 0 Å². The molecule has 1 aromatic heterocycles. The number of nitrogens with zero attached hydrogens (tertiary/aromatic N) is 2. The van der Waals surface area contributed by atoms with Crippen LogP contribution in [0, 0.1) is 5.92 Å². The van der Waals surface area contributed by atoms with Crippen LogP contribution in [0.1, 0.15) is 30.5 Å². The van der Waals surface area contributed by atoms with Gasteiger partial charge in [-0.3, -0.25) is 0 Å². The molecule has 0 atom stereocenters. The third-order valence-electron chi connectivity index (χ3n) is 5.56. The quantitative estimate of drug-likeness (QED) is 0.536. The van der Waals surface area contributed by atoms with Gasteiger partial charge in [-0.1, -0.05) is 51.4 Å². The summed E-state index contributed by atoms with van der Waals surface area (Å²) in [6.45, 7) is 3.63. The van der Waals surface area contributed by atoms with Gasteiger partial charge in [0.25, 0.3) is 0 Å². The van der Waals surface area contributed by atoms with Crippen molar-refractivity contribution in [1.82, 2.24) is 10.1 Å². The highest BCUT2D eigenvalue weighted by molar-refractivity contribution is 9.10. The van der Waals surface area contributed by atoms with E-state index in [4.69, 9.17) is 4.52 Å². The first-order chi connectivity index (χ1) is 12.8. The molecule has 4 rings (SSSR count). The SMILES string of the molecule is Brc1ccc2c(CCC3CCN(CCc4ccccc4)CC3)noc2c1. The molecule has 0 spiro atoms. The van der Waals surface area contributed by atoms with Crippen LogP contribution in [0.4, 0.5) is 0 Å². The first-order valence-electron chi connectivity index (χ1n) is 9.58. The molecule has 0 N–H and O–H groups in total. The van der Waals surface area contributed by atoms with Crippen LogP contribution in [0.2, 0.25) is 0 Å². The fourth-order valence-corrected chi connectivity index (χ4v) is 4.26. The number of halogens is 1. The first-order valence-corrected chi connectivity index (χ1v) is 10.4. The number of aryl methyl sites for hydroxylation is 1. The second-order valence-electron chi connectivity index (χ2n) is 7.33. The molecule has 0 bridgehead atoms. The minimum absolute atomic E-state index is 0.810. The number of benzene rings is 2. The Morgan fingerprint density at radius 3 is 2.65 bits per heavy atom. The first kappa shape index (κ1) is 17.7. The van der Waals surface area contributed by atoms with Gasteiger partial charge in [-0.15, -0.1) is 0 Å². The summed E-state index contributed by atoms with van der Waals surface area (Å²) in [7, 11) is 0. The van der Waals surface area contributed by atoms with Gasteiger partial charge in [-0.2, -0.15) is 0 Å². The number of aromatic nitrogens is 1. The molecule has 0 saturated carbocycles. The topological polar surface area (TPSA) is 29.3 Å². The highest BCUT2D eigenvalue weighted by Crippen LogP contribution is 2.27. The molecule has 1 aliphatic heterocycles. The Bertz CT molecular complexity index is 838. The Morgan fingerprint density at radius 1 is 1.04 bits per heavy atom. The number of fused-ring (bicyclic) bond motifs is 1.